The largest absolute Gasteiger partial charge is 0.372 e. The molecule has 1 saturated carbocycles. The van der Waals surface area contributed by atoms with Crippen molar-refractivity contribution in [2.24, 2.45) is 0 Å². The van der Waals surface area contributed by atoms with Crippen LogP contribution in [-0.2, 0) is 11.3 Å². The van der Waals surface area contributed by atoms with Gasteiger partial charge in [-0.3, -0.25) is 0 Å². The number of benzene rings is 1. The summed E-state index contributed by atoms with van der Waals surface area (Å²) < 4.78 is 19.9. The molecule has 1 nitrogen and oxygen atoms in total. The van der Waals surface area contributed by atoms with E-state index in [1.807, 2.05) is 6.07 Å². The number of ether oxygens (including phenoxy) is 1. The highest BCUT2D eigenvalue weighted by Crippen LogP contribution is 2.27. The molecule has 2 atom stereocenters. The van der Waals surface area contributed by atoms with Crippen LogP contribution >= 0.6 is 22.6 Å². The molecule has 0 bridgehead atoms. The first-order chi connectivity index (χ1) is 8.27. The van der Waals surface area contributed by atoms with Gasteiger partial charge in [0.05, 0.1) is 12.7 Å². The van der Waals surface area contributed by atoms with Gasteiger partial charge in [-0.1, -0.05) is 60.1 Å². The second-order valence-corrected chi connectivity index (χ2v) is 6.19. The van der Waals surface area contributed by atoms with Crippen molar-refractivity contribution in [3.05, 3.63) is 35.6 Å². The third-order valence-electron chi connectivity index (χ3n) is 3.28. The fourth-order valence-corrected chi connectivity index (χ4v) is 3.24. The molecule has 0 saturated heterocycles. The van der Waals surface area contributed by atoms with Crippen molar-refractivity contribution in [1.29, 1.82) is 0 Å². The van der Waals surface area contributed by atoms with Gasteiger partial charge >= 0.3 is 0 Å². The van der Waals surface area contributed by atoms with Crippen LogP contribution in [0.25, 0.3) is 0 Å². The Balaban J connectivity index is 1.90. The molecule has 1 aliphatic carbocycles. The quantitative estimate of drug-likeness (QED) is 0.445. The van der Waals surface area contributed by atoms with E-state index in [0.717, 1.165) is 6.42 Å². The first-order valence-electron chi connectivity index (χ1n) is 6.26. The molecule has 2 unspecified atom stereocenters. The van der Waals surface area contributed by atoms with Crippen molar-refractivity contribution in [3.63, 3.8) is 0 Å². The fourth-order valence-electron chi connectivity index (χ4n) is 2.23. The minimum atomic E-state index is -0.161. The Morgan fingerprint density at radius 2 is 1.94 bits per heavy atom. The number of halogens is 2. The highest BCUT2D eigenvalue weighted by Gasteiger charge is 2.22. The van der Waals surface area contributed by atoms with Crippen LogP contribution in [0.2, 0.25) is 0 Å². The van der Waals surface area contributed by atoms with Crippen LogP contribution in [0, 0.1) is 5.82 Å². The van der Waals surface area contributed by atoms with E-state index in [4.69, 9.17) is 4.74 Å². The van der Waals surface area contributed by atoms with E-state index >= 15 is 0 Å². The number of hydrogen-bond acceptors (Lipinski definition) is 1. The highest BCUT2D eigenvalue weighted by atomic mass is 127. The summed E-state index contributed by atoms with van der Waals surface area (Å²) >= 11 is 2.48. The second-order valence-electron chi connectivity index (χ2n) is 4.59. The van der Waals surface area contributed by atoms with Crippen molar-refractivity contribution in [2.45, 2.75) is 48.7 Å². The van der Waals surface area contributed by atoms with Gasteiger partial charge in [0.25, 0.3) is 0 Å². The minimum absolute atomic E-state index is 0.161. The minimum Gasteiger partial charge on any atom is -0.372 e. The van der Waals surface area contributed by atoms with Crippen LogP contribution in [0.5, 0.6) is 0 Å². The van der Waals surface area contributed by atoms with Gasteiger partial charge in [0.15, 0.2) is 0 Å². The third-order valence-corrected chi connectivity index (χ3v) is 4.71. The number of hydrogen-bond donors (Lipinski definition) is 0. The van der Waals surface area contributed by atoms with Crippen LogP contribution in [0.15, 0.2) is 24.3 Å². The number of alkyl halides is 1. The Kier molecular flexibility index (Phi) is 5.22. The molecule has 0 radical (unpaired) electrons. The molecule has 3 heteroatoms. The van der Waals surface area contributed by atoms with Crippen LogP contribution < -0.4 is 0 Å². The van der Waals surface area contributed by atoms with Crippen molar-refractivity contribution >= 4 is 22.6 Å². The van der Waals surface area contributed by atoms with Gasteiger partial charge < -0.3 is 4.74 Å². The van der Waals surface area contributed by atoms with Crippen LogP contribution in [0.4, 0.5) is 4.39 Å². The summed E-state index contributed by atoms with van der Waals surface area (Å²) in [6.45, 7) is 0.400. The molecular formula is C14H18FIO. The van der Waals surface area contributed by atoms with Gasteiger partial charge in [0.1, 0.15) is 5.82 Å². The van der Waals surface area contributed by atoms with Crippen LogP contribution in [0.3, 0.4) is 0 Å². The summed E-state index contributed by atoms with van der Waals surface area (Å²) in [7, 11) is 0. The van der Waals surface area contributed by atoms with E-state index in [1.165, 1.54) is 31.7 Å². The van der Waals surface area contributed by atoms with Crippen molar-refractivity contribution in [2.75, 3.05) is 0 Å². The zero-order valence-corrected chi connectivity index (χ0v) is 12.0. The zero-order valence-electron chi connectivity index (χ0n) is 9.87. The van der Waals surface area contributed by atoms with E-state index in [2.05, 4.69) is 22.6 Å². The standard InChI is InChI=1S/C14H18FIO/c15-12-7-5-4-6-11(12)10-17-14-9-3-1-2-8-13(14)16/h4-7,13-14H,1-3,8-10H2. The predicted molar refractivity (Wildman–Crippen MR) is 75.9 cm³/mol. The van der Waals surface area contributed by atoms with Gasteiger partial charge in [0.2, 0.25) is 0 Å². The molecule has 17 heavy (non-hydrogen) atoms. The molecule has 1 aromatic rings. The summed E-state index contributed by atoms with van der Waals surface area (Å²) in [5.41, 5.74) is 0.667. The molecule has 1 fully saturated rings. The lowest BCUT2D eigenvalue weighted by Crippen LogP contribution is -2.22. The Morgan fingerprint density at radius 1 is 1.18 bits per heavy atom. The lowest BCUT2D eigenvalue weighted by atomic mass is 10.1. The summed E-state index contributed by atoms with van der Waals surface area (Å²) in [4.78, 5) is 0. The van der Waals surface area contributed by atoms with E-state index in [-0.39, 0.29) is 11.9 Å². The lowest BCUT2D eigenvalue weighted by Gasteiger charge is -2.20. The van der Waals surface area contributed by atoms with Crippen molar-refractivity contribution in [1.82, 2.24) is 0 Å². The summed E-state index contributed by atoms with van der Waals surface area (Å²) in [6, 6.07) is 6.86. The molecular weight excluding hydrogens is 330 g/mol. The van der Waals surface area contributed by atoms with Gasteiger partial charge in [0, 0.05) is 9.49 Å². The Morgan fingerprint density at radius 3 is 2.76 bits per heavy atom. The molecule has 0 amide bonds. The Hall–Kier alpha value is -0.160. The Bertz CT molecular complexity index is 356. The van der Waals surface area contributed by atoms with E-state index in [0.29, 0.717) is 16.1 Å². The van der Waals surface area contributed by atoms with E-state index in [1.54, 1.807) is 12.1 Å². The molecule has 2 rings (SSSR count). The smallest absolute Gasteiger partial charge is 0.128 e. The fraction of sp³-hybridized carbons (Fsp3) is 0.571. The maximum Gasteiger partial charge on any atom is 0.128 e. The van der Waals surface area contributed by atoms with Crippen molar-refractivity contribution < 1.29 is 9.13 Å². The third kappa shape index (κ3) is 3.91. The van der Waals surface area contributed by atoms with Gasteiger partial charge in [-0.25, -0.2) is 4.39 Å². The summed E-state index contributed by atoms with van der Waals surface area (Å²) in [5.74, 6) is -0.161. The molecule has 0 aromatic heterocycles. The lowest BCUT2D eigenvalue weighted by molar-refractivity contribution is 0.0362. The van der Waals surface area contributed by atoms with E-state index in [9.17, 15) is 4.39 Å². The molecule has 0 heterocycles. The normalized spacial score (nSPS) is 25.5. The summed E-state index contributed by atoms with van der Waals surface area (Å²) in [6.07, 6.45) is 6.47. The first-order valence-corrected chi connectivity index (χ1v) is 7.51. The number of rotatable bonds is 3. The predicted octanol–water partition coefficient (Wildman–Crippen LogP) is 4.48. The SMILES string of the molecule is Fc1ccccc1COC1CCCCCC1I. The van der Waals surface area contributed by atoms with Gasteiger partial charge in [-0.15, -0.1) is 0 Å². The van der Waals surface area contributed by atoms with Gasteiger partial charge in [-0.2, -0.15) is 0 Å². The Labute approximate surface area is 116 Å². The average Bonchev–Trinajstić information content (AvgIpc) is 2.53. The highest BCUT2D eigenvalue weighted by molar-refractivity contribution is 14.1. The second kappa shape index (κ2) is 6.69. The summed E-state index contributed by atoms with van der Waals surface area (Å²) in [5, 5.41) is 0. The maximum absolute atomic E-state index is 13.4. The first kappa shape index (κ1) is 13.3. The molecule has 94 valence electrons. The van der Waals surface area contributed by atoms with Crippen LogP contribution in [0.1, 0.15) is 37.7 Å². The molecule has 0 spiro atoms. The molecule has 0 aliphatic heterocycles. The van der Waals surface area contributed by atoms with Gasteiger partial charge in [-0.05, 0) is 18.9 Å². The molecule has 0 N–H and O–H groups in total. The van der Waals surface area contributed by atoms with E-state index < -0.39 is 0 Å². The molecule has 1 aromatic carbocycles. The maximum atomic E-state index is 13.4. The molecule has 1 aliphatic rings. The average molecular weight is 348 g/mol. The van der Waals surface area contributed by atoms with Crippen molar-refractivity contribution in [3.8, 4) is 0 Å². The monoisotopic (exact) mass is 348 g/mol. The topological polar surface area (TPSA) is 9.23 Å². The zero-order chi connectivity index (χ0) is 12.1. The van der Waals surface area contributed by atoms with Crippen LogP contribution in [-0.4, -0.2) is 10.0 Å².